The molecule has 1 aromatic rings. The lowest BCUT2D eigenvalue weighted by atomic mass is 9.89. The molecule has 3 N–H and O–H groups in total. The highest BCUT2D eigenvalue weighted by atomic mass is 32.2. The number of carbonyl (C=O) groups is 1. The molecule has 3 heterocycles. The van der Waals surface area contributed by atoms with E-state index in [0.717, 1.165) is 9.98 Å². The van der Waals surface area contributed by atoms with E-state index in [0.29, 0.717) is 0 Å². The number of aryl methyl sites for hydroxylation is 1. The highest BCUT2D eigenvalue weighted by Crippen LogP contribution is 2.52. The van der Waals surface area contributed by atoms with Gasteiger partial charge >= 0.3 is 5.69 Å². The van der Waals surface area contributed by atoms with Crippen LogP contribution in [0.2, 0.25) is 36.3 Å². The van der Waals surface area contributed by atoms with Gasteiger partial charge in [-0.3, -0.25) is 18.7 Å². The Morgan fingerprint density at radius 3 is 2.16 bits per heavy atom. The number of primary amides is 1. The van der Waals surface area contributed by atoms with E-state index in [1.807, 2.05) is 47.0 Å². The monoisotopic (exact) mass is 660 g/mol. The molecule has 0 saturated carbocycles. The number of amides is 1. The summed E-state index contributed by atoms with van der Waals surface area (Å²) in [6.45, 7) is 21.4. The summed E-state index contributed by atoms with van der Waals surface area (Å²) in [5.41, 5.74) is 2.68. The Morgan fingerprint density at radius 2 is 1.65 bits per heavy atom. The number of nitrogens with two attached hydrogens (primary N) is 1. The summed E-state index contributed by atoms with van der Waals surface area (Å²) in [5, 5.41) is 3.22. The standard InChI is InChI=1S/C27H48N4O9SSi2/c1-17-14-31(24(34)30(8)22(17)33)23-21(39-43(11,12)26(5,6)7)27(18(29-13-20(28)32)16-41(35,36)40-27)19(38-23)15-37-42(9,10)25(2,3)4/h14,16,19,21,23,29H,13,15H2,1-12H3,(H2,28,32)/t19-,21+,23-,27-/m1/s1. The van der Waals surface area contributed by atoms with Crippen molar-refractivity contribution in [1.82, 2.24) is 14.5 Å². The average Bonchev–Trinajstić information content (AvgIpc) is 3.28. The molecular weight excluding hydrogens is 613 g/mol. The summed E-state index contributed by atoms with van der Waals surface area (Å²) in [5.74, 6) is -0.725. The maximum atomic E-state index is 13.5. The van der Waals surface area contributed by atoms with E-state index in [-0.39, 0.29) is 27.9 Å². The third-order valence-corrected chi connectivity index (χ3v) is 19.2. The molecular formula is C27H48N4O9SSi2. The second-order valence-corrected chi connectivity index (χ2v) is 25.4. The first-order chi connectivity index (χ1) is 19.3. The van der Waals surface area contributed by atoms with Crippen molar-refractivity contribution in [3.63, 3.8) is 0 Å². The molecule has 0 aliphatic carbocycles. The number of rotatable bonds is 9. The summed E-state index contributed by atoms with van der Waals surface area (Å²) < 4.78 is 54.6. The van der Waals surface area contributed by atoms with Crippen LogP contribution in [0.4, 0.5) is 0 Å². The zero-order chi connectivity index (χ0) is 33.1. The first kappa shape index (κ1) is 35.4. The number of hydrogen-bond donors (Lipinski definition) is 2. The van der Waals surface area contributed by atoms with Crippen molar-refractivity contribution >= 4 is 32.7 Å². The fourth-order valence-electron chi connectivity index (χ4n) is 4.56. The van der Waals surface area contributed by atoms with Gasteiger partial charge in [0.1, 0.15) is 12.2 Å². The van der Waals surface area contributed by atoms with Crippen LogP contribution in [0.25, 0.3) is 0 Å². The SMILES string of the molecule is Cc1cn([C@@H]2O[C@H](CO[Si](C)(C)C(C)(C)C)[C@@]3(OS(=O)(=O)C=C3NCC(N)=O)[C@H]2O[Si](C)(C)C(C)(C)C)c(=O)n(C)c1=O. The minimum absolute atomic E-state index is 0.0101. The molecule has 1 aromatic heterocycles. The van der Waals surface area contributed by atoms with Crippen molar-refractivity contribution in [3.8, 4) is 0 Å². The van der Waals surface area contributed by atoms with Crippen molar-refractivity contribution in [2.75, 3.05) is 13.2 Å². The molecule has 1 amide bonds. The van der Waals surface area contributed by atoms with Crippen LogP contribution in [-0.2, 0) is 39.7 Å². The van der Waals surface area contributed by atoms with Gasteiger partial charge < -0.3 is 24.6 Å². The first-order valence-electron chi connectivity index (χ1n) is 14.2. The third kappa shape index (κ3) is 6.65. The van der Waals surface area contributed by atoms with E-state index in [2.05, 4.69) is 26.1 Å². The van der Waals surface area contributed by atoms with Crippen molar-refractivity contribution < 1.29 is 31.0 Å². The number of carbonyl (C=O) groups excluding carboxylic acids is 1. The minimum atomic E-state index is -4.32. The Hall–Kier alpha value is -2.09. The molecule has 3 rings (SSSR count). The summed E-state index contributed by atoms with van der Waals surface area (Å²) in [4.78, 5) is 38.0. The fraction of sp³-hybridized carbons (Fsp3) is 0.741. The zero-order valence-corrected chi connectivity index (χ0v) is 30.2. The van der Waals surface area contributed by atoms with E-state index >= 15 is 0 Å². The predicted molar refractivity (Wildman–Crippen MR) is 168 cm³/mol. The van der Waals surface area contributed by atoms with Gasteiger partial charge in [0.05, 0.1) is 24.3 Å². The molecule has 1 saturated heterocycles. The van der Waals surface area contributed by atoms with Gasteiger partial charge in [0.2, 0.25) is 5.91 Å². The van der Waals surface area contributed by atoms with Crippen molar-refractivity contribution in [2.24, 2.45) is 12.8 Å². The second-order valence-electron chi connectivity index (χ2n) is 14.5. The lowest BCUT2D eigenvalue weighted by molar-refractivity contribution is -0.117. The van der Waals surface area contributed by atoms with Crippen LogP contribution < -0.4 is 22.3 Å². The highest BCUT2D eigenvalue weighted by Gasteiger charge is 2.68. The van der Waals surface area contributed by atoms with Crippen molar-refractivity contribution in [3.05, 3.63) is 43.7 Å². The largest absolute Gasteiger partial charge is 0.414 e. The van der Waals surface area contributed by atoms with Crippen molar-refractivity contribution in [2.45, 2.75) is 109 Å². The quantitative estimate of drug-likeness (QED) is 0.296. The Morgan fingerprint density at radius 1 is 1.09 bits per heavy atom. The van der Waals surface area contributed by atoms with Crippen LogP contribution >= 0.6 is 0 Å². The lowest BCUT2D eigenvalue weighted by Gasteiger charge is -2.44. The molecule has 43 heavy (non-hydrogen) atoms. The van der Waals surface area contributed by atoms with E-state index in [1.54, 1.807) is 6.92 Å². The van der Waals surface area contributed by atoms with E-state index < -0.39 is 74.5 Å². The molecule has 4 atom stereocenters. The fourth-order valence-corrected chi connectivity index (χ4v) is 8.13. The average molecular weight is 661 g/mol. The number of nitrogens with zero attached hydrogens (tertiary/aromatic N) is 2. The molecule has 2 aliphatic rings. The molecule has 13 nitrogen and oxygen atoms in total. The van der Waals surface area contributed by atoms with Crippen LogP contribution in [0.5, 0.6) is 0 Å². The highest BCUT2D eigenvalue weighted by molar-refractivity contribution is 7.90. The third-order valence-electron chi connectivity index (χ3n) is 9.24. The summed E-state index contributed by atoms with van der Waals surface area (Å²) in [6, 6.07) is 0. The zero-order valence-electron chi connectivity index (χ0n) is 27.4. The van der Waals surface area contributed by atoms with E-state index in [9.17, 15) is 22.8 Å². The maximum absolute atomic E-state index is 13.5. The molecule has 1 spiro atoms. The number of hydrogen-bond acceptors (Lipinski definition) is 10. The summed E-state index contributed by atoms with van der Waals surface area (Å²) in [6.07, 6.45) is -2.19. The van der Waals surface area contributed by atoms with Crippen LogP contribution in [0.1, 0.15) is 53.3 Å². The van der Waals surface area contributed by atoms with Gasteiger partial charge in [0.15, 0.2) is 28.5 Å². The number of aromatic nitrogens is 2. The Labute approximate surface area is 256 Å². The Balaban J connectivity index is 2.35. The van der Waals surface area contributed by atoms with Gasteiger partial charge in [-0.2, -0.15) is 8.42 Å². The minimum Gasteiger partial charge on any atom is -0.414 e. The van der Waals surface area contributed by atoms with Crippen LogP contribution in [0.15, 0.2) is 26.9 Å². The molecule has 16 heteroatoms. The van der Waals surface area contributed by atoms with Crippen LogP contribution in [0.3, 0.4) is 0 Å². The van der Waals surface area contributed by atoms with Crippen molar-refractivity contribution in [1.29, 1.82) is 0 Å². The number of nitrogens with one attached hydrogen (secondary N) is 1. The normalized spacial score (nSPS) is 26.1. The summed E-state index contributed by atoms with van der Waals surface area (Å²) in [7, 11) is -8.13. The van der Waals surface area contributed by atoms with Gasteiger partial charge in [-0.15, -0.1) is 0 Å². The van der Waals surface area contributed by atoms with E-state index in [4.69, 9.17) is 23.5 Å². The van der Waals surface area contributed by atoms with Gasteiger partial charge in [-0.1, -0.05) is 41.5 Å². The summed E-state index contributed by atoms with van der Waals surface area (Å²) >= 11 is 0. The molecule has 1 fully saturated rings. The maximum Gasteiger partial charge on any atom is 0.332 e. The molecule has 0 aromatic carbocycles. The first-order valence-corrected chi connectivity index (χ1v) is 21.5. The topological polar surface area (TPSA) is 170 Å². The number of ether oxygens (including phenoxy) is 1. The predicted octanol–water partition coefficient (Wildman–Crippen LogP) is 2.18. The Bertz CT molecular complexity index is 1520. The van der Waals surface area contributed by atoms with Gasteiger partial charge in [0.25, 0.3) is 15.7 Å². The van der Waals surface area contributed by atoms with E-state index in [1.165, 1.54) is 17.8 Å². The van der Waals surface area contributed by atoms with Crippen LogP contribution in [0, 0.1) is 6.92 Å². The molecule has 0 unspecified atom stereocenters. The lowest BCUT2D eigenvalue weighted by Crippen LogP contribution is -2.60. The molecule has 0 bridgehead atoms. The molecule has 0 radical (unpaired) electrons. The molecule has 2 aliphatic heterocycles. The second kappa shape index (κ2) is 11.4. The van der Waals surface area contributed by atoms with Gasteiger partial charge in [0, 0.05) is 18.8 Å². The van der Waals surface area contributed by atoms with Gasteiger partial charge in [-0.25, -0.2) is 8.98 Å². The van der Waals surface area contributed by atoms with Crippen LogP contribution in [-0.4, -0.2) is 71.1 Å². The van der Waals surface area contributed by atoms with Gasteiger partial charge in [-0.05, 0) is 43.2 Å². The smallest absolute Gasteiger partial charge is 0.332 e. The molecule has 244 valence electrons. The Kier molecular flexibility index (Phi) is 9.36.